The number of hydrogen-bond acceptors (Lipinski definition) is 7. The van der Waals surface area contributed by atoms with Crippen LogP contribution in [0, 0.1) is 12.3 Å². The number of methoxy groups -OCH3 is 2. The van der Waals surface area contributed by atoms with Crippen LogP contribution in [-0.2, 0) is 28.4 Å². The number of hydrogen-bond donors (Lipinski definition) is 1. The van der Waals surface area contributed by atoms with Crippen LogP contribution in [0.2, 0.25) is 0 Å². The summed E-state index contributed by atoms with van der Waals surface area (Å²) in [6, 6.07) is 0. The van der Waals surface area contributed by atoms with Crippen molar-refractivity contribution in [1.82, 2.24) is 0 Å². The second kappa shape index (κ2) is 20.9. The number of aliphatic hydroxyl groups is 1. The molecule has 2 saturated heterocycles. The lowest BCUT2D eigenvalue weighted by molar-refractivity contribution is -0.151. The maximum absolute atomic E-state index is 9.57. The van der Waals surface area contributed by atoms with E-state index in [0.717, 1.165) is 38.5 Å². The smallest absolute Gasteiger partial charge is 0.147 e. The summed E-state index contributed by atoms with van der Waals surface area (Å²) in [6.45, 7) is 2.76. The molecule has 2 aliphatic rings. The van der Waals surface area contributed by atoms with Crippen molar-refractivity contribution in [3.63, 3.8) is 0 Å². The third-order valence-electron chi connectivity index (χ3n) is 7.61. The van der Waals surface area contributed by atoms with Gasteiger partial charge in [0.15, 0.2) is 0 Å². The molecule has 1 N–H and O–H groups in total. The molecule has 0 unspecified atom stereocenters. The van der Waals surface area contributed by atoms with Crippen molar-refractivity contribution in [1.29, 1.82) is 0 Å². The fraction of sp³-hybridized carbons (Fsp3) is 0.871. The Morgan fingerprint density at radius 1 is 0.842 bits per heavy atom. The molecule has 2 aliphatic heterocycles. The van der Waals surface area contributed by atoms with Crippen LogP contribution in [0.5, 0.6) is 0 Å². The number of ether oxygens (including phenoxy) is 6. The summed E-state index contributed by atoms with van der Waals surface area (Å²) in [7, 11) is 3.29. The van der Waals surface area contributed by atoms with Gasteiger partial charge in [0, 0.05) is 14.2 Å². The lowest BCUT2D eigenvalue weighted by atomic mass is 10.0. The minimum absolute atomic E-state index is 0.0514. The molecule has 0 saturated carbocycles. The summed E-state index contributed by atoms with van der Waals surface area (Å²) in [5.41, 5.74) is 0. The van der Waals surface area contributed by atoms with E-state index in [4.69, 9.17) is 34.8 Å². The highest BCUT2D eigenvalue weighted by Gasteiger charge is 2.41. The van der Waals surface area contributed by atoms with Crippen LogP contribution in [0.25, 0.3) is 0 Å². The fourth-order valence-electron chi connectivity index (χ4n) is 5.45. The summed E-state index contributed by atoms with van der Waals surface area (Å²) in [4.78, 5) is 0. The Bertz CT molecular complexity index is 649. The fourth-order valence-corrected chi connectivity index (χ4v) is 5.45. The van der Waals surface area contributed by atoms with Crippen LogP contribution in [0.4, 0.5) is 0 Å². The molecule has 7 heteroatoms. The maximum Gasteiger partial charge on any atom is 0.147 e. The predicted octanol–water partition coefficient (Wildman–Crippen LogP) is 5.92. The molecule has 7 atom stereocenters. The first kappa shape index (κ1) is 33.2. The van der Waals surface area contributed by atoms with Crippen molar-refractivity contribution < 1.29 is 33.5 Å². The van der Waals surface area contributed by atoms with Crippen LogP contribution in [0.15, 0.2) is 12.2 Å². The van der Waals surface area contributed by atoms with E-state index in [1.54, 1.807) is 14.2 Å². The number of aliphatic hydroxyl groups excluding tert-OH is 1. The van der Waals surface area contributed by atoms with Gasteiger partial charge in [0.05, 0.1) is 30.5 Å². The van der Waals surface area contributed by atoms with Crippen molar-refractivity contribution in [2.24, 2.45) is 0 Å². The molecule has 0 bridgehead atoms. The molecule has 0 aromatic rings. The van der Waals surface area contributed by atoms with Crippen LogP contribution in [0.1, 0.15) is 103 Å². The van der Waals surface area contributed by atoms with E-state index >= 15 is 0 Å². The van der Waals surface area contributed by atoms with Gasteiger partial charge in [-0.15, -0.1) is 6.42 Å². The van der Waals surface area contributed by atoms with Gasteiger partial charge in [0.25, 0.3) is 0 Å². The van der Waals surface area contributed by atoms with Crippen LogP contribution >= 0.6 is 0 Å². The molecular weight excluding hydrogens is 484 g/mol. The van der Waals surface area contributed by atoms with Gasteiger partial charge in [-0.3, -0.25) is 0 Å². The lowest BCUT2D eigenvalue weighted by Crippen LogP contribution is -2.34. The lowest BCUT2D eigenvalue weighted by Gasteiger charge is -2.26. The summed E-state index contributed by atoms with van der Waals surface area (Å²) in [5.74, 6) is 2.34. The minimum Gasteiger partial charge on any atom is -0.380 e. The molecule has 2 rings (SSSR count). The Balaban J connectivity index is 1.79. The number of allylic oxidation sites excluding steroid dienone is 1. The standard InChI is InChI=1S/C31H54O7/c1-5-7-8-9-10-11-12-13-17-26(35-23-33-3)28-19-21-30(37-28)31-22-20-29(38-31)27(36-24-34-4)18-15-14-16-25(32)6-2/h2,15,18,25-32H,5,7-14,16-17,19-24H2,1,3-4H3/b18-15+/t25-,26-,27-,28-,29-,30-,31-/m1/s1. The summed E-state index contributed by atoms with van der Waals surface area (Å²) >= 11 is 0. The van der Waals surface area contributed by atoms with E-state index in [0.29, 0.717) is 19.6 Å². The van der Waals surface area contributed by atoms with Gasteiger partial charge in [0.2, 0.25) is 0 Å². The molecule has 0 amide bonds. The van der Waals surface area contributed by atoms with E-state index < -0.39 is 6.10 Å². The number of terminal acetylenes is 1. The summed E-state index contributed by atoms with van der Waals surface area (Å²) in [5, 5.41) is 9.57. The van der Waals surface area contributed by atoms with Gasteiger partial charge in [-0.1, -0.05) is 76.4 Å². The Labute approximate surface area is 231 Å². The van der Waals surface area contributed by atoms with Gasteiger partial charge < -0.3 is 33.5 Å². The monoisotopic (exact) mass is 538 g/mol. The highest BCUT2D eigenvalue weighted by atomic mass is 16.7. The predicted molar refractivity (Wildman–Crippen MR) is 150 cm³/mol. The van der Waals surface area contributed by atoms with E-state index in [1.165, 1.54) is 44.9 Å². The Morgan fingerprint density at radius 3 is 2.11 bits per heavy atom. The summed E-state index contributed by atoms with van der Waals surface area (Å²) < 4.78 is 35.3. The largest absolute Gasteiger partial charge is 0.380 e. The van der Waals surface area contributed by atoms with Crippen molar-refractivity contribution in [2.75, 3.05) is 27.8 Å². The normalized spacial score (nSPS) is 26.1. The van der Waals surface area contributed by atoms with E-state index in [-0.39, 0.29) is 43.4 Å². The molecule has 0 radical (unpaired) electrons. The first-order valence-corrected chi connectivity index (χ1v) is 15.0. The number of rotatable bonds is 22. The van der Waals surface area contributed by atoms with E-state index in [9.17, 15) is 5.11 Å². The number of unbranched alkanes of at least 4 members (excludes halogenated alkanes) is 7. The van der Waals surface area contributed by atoms with Gasteiger partial charge in [0.1, 0.15) is 25.8 Å². The first-order valence-electron chi connectivity index (χ1n) is 15.0. The van der Waals surface area contributed by atoms with Crippen LogP contribution < -0.4 is 0 Å². The zero-order valence-corrected chi connectivity index (χ0v) is 24.2. The molecule has 7 nitrogen and oxygen atoms in total. The van der Waals surface area contributed by atoms with Crippen molar-refractivity contribution in [3.05, 3.63) is 12.2 Å². The van der Waals surface area contributed by atoms with Gasteiger partial charge in [-0.25, -0.2) is 0 Å². The zero-order chi connectivity index (χ0) is 27.4. The Hall–Kier alpha value is -0.980. The average Bonchev–Trinajstić information content (AvgIpc) is 3.61. The summed E-state index contributed by atoms with van der Waals surface area (Å²) in [6.07, 6.45) is 25.0. The second-order valence-corrected chi connectivity index (χ2v) is 10.7. The quantitative estimate of drug-likeness (QED) is 0.0793. The van der Waals surface area contributed by atoms with Crippen molar-refractivity contribution in [2.45, 2.75) is 146 Å². The average molecular weight is 539 g/mol. The molecule has 38 heavy (non-hydrogen) atoms. The third kappa shape index (κ3) is 12.9. The van der Waals surface area contributed by atoms with Gasteiger partial charge in [-0.2, -0.15) is 0 Å². The highest BCUT2D eigenvalue weighted by molar-refractivity contribution is 5.00. The van der Waals surface area contributed by atoms with Crippen LogP contribution in [0.3, 0.4) is 0 Å². The van der Waals surface area contributed by atoms with Crippen LogP contribution in [-0.4, -0.2) is 75.6 Å². The van der Waals surface area contributed by atoms with Gasteiger partial charge >= 0.3 is 0 Å². The molecule has 0 aromatic carbocycles. The molecule has 0 aromatic heterocycles. The molecule has 220 valence electrons. The van der Waals surface area contributed by atoms with E-state index in [2.05, 4.69) is 12.8 Å². The third-order valence-corrected chi connectivity index (χ3v) is 7.61. The second-order valence-electron chi connectivity index (χ2n) is 10.7. The Kier molecular flexibility index (Phi) is 18.2. The molecule has 0 spiro atoms. The van der Waals surface area contributed by atoms with E-state index in [1.807, 2.05) is 12.2 Å². The molecule has 2 fully saturated rings. The first-order chi connectivity index (χ1) is 18.6. The SMILES string of the molecule is C#C[C@@H](O)CC/C=C/[C@@H](OCOC)[C@H]1CC[C@H]([C@H]2CC[C@H]([C@@H](CCCCCCCCCC)OCOC)O2)O1. The van der Waals surface area contributed by atoms with Crippen molar-refractivity contribution in [3.8, 4) is 12.3 Å². The maximum atomic E-state index is 9.57. The Morgan fingerprint density at radius 2 is 1.45 bits per heavy atom. The van der Waals surface area contributed by atoms with Crippen molar-refractivity contribution >= 4 is 0 Å². The minimum atomic E-state index is -0.718. The zero-order valence-electron chi connectivity index (χ0n) is 24.2. The topological polar surface area (TPSA) is 75.6 Å². The highest BCUT2D eigenvalue weighted by Crippen LogP contribution is 2.35. The molecule has 2 heterocycles. The molecular formula is C31H54O7. The molecule has 0 aliphatic carbocycles. The van der Waals surface area contributed by atoms with Gasteiger partial charge in [-0.05, 0) is 44.9 Å².